The number of amides is 1. The van der Waals surface area contributed by atoms with Crippen molar-refractivity contribution in [3.63, 3.8) is 0 Å². The average Bonchev–Trinajstić information content (AvgIpc) is 2.45. The molecular formula is C13H15BrN2O3S. The molecule has 0 radical (unpaired) electrons. The minimum atomic E-state index is -3.11. The van der Waals surface area contributed by atoms with E-state index in [1.165, 1.54) is 0 Å². The molecule has 0 aromatic heterocycles. The molecule has 1 heterocycles. The zero-order valence-electron chi connectivity index (χ0n) is 11.2. The Labute approximate surface area is 126 Å². The van der Waals surface area contributed by atoms with Gasteiger partial charge >= 0.3 is 0 Å². The first-order valence-electron chi connectivity index (χ1n) is 6.09. The van der Waals surface area contributed by atoms with Gasteiger partial charge in [-0.2, -0.15) is 0 Å². The molecule has 20 heavy (non-hydrogen) atoms. The molecule has 7 heteroatoms. The third kappa shape index (κ3) is 3.67. The van der Waals surface area contributed by atoms with Gasteiger partial charge in [0.25, 0.3) is 0 Å². The number of carbonyl (C=O) groups is 1. The van der Waals surface area contributed by atoms with Crippen molar-refractivity contribution < 1.29 is 13.2 Å². The number of fused-ring (bicyclic) bond motifs is 1. The van der Waals surface area contributed by atoms with Gasteiger partial charge in [-0.25, -0.2) is 8.42 Å². The van der Waals surface area contributed by atoms with Crippen molar-refractivity contribution >= 4 is 43.1 Å². The monoisotopic (exact) mass is 358 g/mol. The predicted octanol–water partition coefficient (Wildman–Crippen LogP) is 2.01. The van der Waals surface area contributed by atoms with E-state index >= 15 is 0 Å². The smallest absolute Gasteiger partial charge is 0.249 e. The van der Waals surface area contributed by atoms with Gasteiger partial charge in [-0.05, 0) is 31.5 Å². The van der Waals surface area contributed by atoms with Gasteiger partial charge in [0, 0.05) is 27.7 Å². The Hall–Kier alpha value is -1.21. The highest BCUT2D eigenvalue weighted by Gasteiger charge is 2.24. The lowest BCUT2D eigenvalue weighted by Gasteiger charge is -2.10. The molecule has 0 fully saturated rings. The summed E-state index contributed by atoms with van der Waals surface area (Å²) >= 11 is 3.38. The Balaban J connectivity index is 2.31. The third-order valence-electron chi connectivity index (χ3n) is 3.04. The molecule has 1 aliphatic rings. The van der Waals surface area contributed by atoms with Crippen LogP contribution in [-0.4, -0.2) is 38.1 Å². The number of benzene rings is 1. The number of sulfone groups is 1. The fraction of sp³-hybridized carbons (Fsp3) is 0.385. The fourth-order valence-corrected chi connectivity index (χ4v) is 3.04. The molecule has 5 nitrogen and oxygen atoms in total. The van der Waals surface area contributed by atoms with Gasteiger partial charge < -0.3 is 5.32 Å². The number of aliphatic imine (C=N–C) groups is 1. The van der Waals surface area contributed by atoms with Gasteiger partial charge in [0.2, 0.25) is 5.91 Å². The highest BCUT2D eigenvalue weighted by atomic mass is 79.9. The van der Waals surface area contributed by atoms with E-state index < -0.39 is 15.9 Å². The van der Waals surface area contributed by atoms with E-state index in [0.717, 1.165) is 22.0 Å². The van der Waals surface area contributed by atoms with Crippen LogP contribution in [0.3, 0.4) is 0 Å². The number of hydrogen-bond acceptors (Lipinski definition) is 4. The first-order chi connectivity index (χ1) is 9.26. The lowest BCUT2D eigenvalue weighted by atomic mass is 10.1. The second kappa shape index (κ2) is 5.65. The summed E-state index contributed by atoms with van der Waals surface area (Å²) in [5.74, 6) is -0.323. The summed E-state index contributed by atoms with van der Waals surface area (Å²) in [7, 11) is -3.11. The van der Waals surface area contributed by atoms with Crippen LogP contribution < -0.4 is 5.32 Å². The molecule has 1 aromatic rings. The topological polar surface area (TPSA) is 75.6 Å². The third-order valence-corrected chi connectivity index (χ3v) is 4.51. The molecule has 1 aromatic carbocycles. The number of anilines is 1. The molecule has 1 atom stereocenters. The first-order valence-corrected chi connectivity index (χ1v) is 8.94. The van der Waals surface area contributed by atoms with Crippen LogP contribution in [0.5, 0.6) is 0 Å². The normalized spacial score (nSPS) is 18.9. The zero-order chi connectivity index (χ0) is 14.9. The maximum atomic E-state index is 12.1. The molecule has 1 N–H and O–H groups in total. The molecule has 2 rings (SSSR count). The van der Waals surface area contributed by atoms with E-state index in [1.54, 1.807) is 6.07 Å². The highest BCUT2D eigenvalue weighted by molar-refractivity contribution is 9.10. The van der Waals surface area contributed by atoms with Crippen LogP contribution >= 0.6 is 15.9 Å². The summed E-state index contributed by atoms with van der Waals surface area (Å²) in [4.78, 5) is 16.5. The zero-order valence-corrected chi connectivity index (χ0v) is 13.6. The molecule has 0 saturated carbocycles. The molecule has 0 bridgehead atoms. The number of rotatable bonds is 3. The van der Waals surface area contributed by atoms with Gasteiger partial charge in [0.1, 0.15) is 15.9 Å². The molecule has 0 unspecified atom stereocenters. The minimum Gasteiger partial charge on any atom is -0.324 e. The number of nitrogens with zero attached hydrogens (tertiary/aromatic N) is 1. The van der Waals surface area contributed by atoms with Crippen LogP contribution in [0, 0.1) is 0 Å². The van der Waals surface area contributed by atoms with E-state index in [0.29, 0.717) is 5.69 Å². The minimum absolute atomic E-state index is 0.0537. The van der Waals surface area contributed by atoms with Crippen LogP contribution in [0.1, 0.15) is 18.9 Å². The van der Waals surface area contributed by atoms with Gasteiger partial charge in [-0.3, -0.25) is 9.79 Å². The van der Waals surface area contributed by atoms with Crippen LogP contribution in [0.25, 0.3) is 0 Å². The van der Waals surface area contributed by atoms with E-state index in [-0.39, 0.29) is 18.1 Å². The standard InChI is InChI=1S/C13H15BrN2O3S/c1-8-10-7-9(14)3-4-11(10)16-13(17)12(15-8)5-6-20(2,18)19/h3-4,7,12H,5-6H2,1-2H3,(H,16,17)/t12-/m1/s1. The number of hydrogen-bond donors (Lipinski definition) is 1. The Morgan fingerprint density at radius 3 is 2.75 bits per heavy atom. The lowest BCUT2D eigenvalue weighted by molar-refractivity contribution is -0.117. The SMILES string of the molecule is CC1=N[C@H](CCS(C)(=O)=O)C(=O)Nc2ccc(Br)cc21. The van der Waals surface area contributed by atoms with Crippen LogP contribution in [0.15, 0.2) is 27.7 Å². The lowest BCUT2D eigenvalue weighted by Crippen LogP contribution is -2.27. The van der Waals surface area contributed by atoms with Crippen molar-refractivity contribution in [3.05, 3.63) is 28.2 Å². The Kier molecular flexibility index (Phi) is 4.29. The van der Waals surface area contributed by atoms with Crippen molar-refractivity contribution in [2.75, 3.05) is 17.3 Å². The van der Waals surface area contributed by atoms with Crippen LogP contribution in [0.4, 0.5) is 5.69 Å². The van der Waals surface area contributed by atoms with Crippen molar-refractivity contribution in [1.29, 1.82) is 0 Å². The number of nitrogens with one attached hydrogen (secondary N) is 1. The summed E-state index contributed by atoms with van der Waals surface area (Å²) in [6.07, 6.45) is 1.35. The summed E-state index contributed by atoms with van der Waals surface area (Å²) in [5.41, 5.74) is 2.26. The van der Waals surface area contributed by atoms with Gasteiger partial charge in [0.05, 0.1) is 5.75 Å². The van der Waals surface area contributed by atoms with Gasteiger partial charge in [-0.1, -0.05) is 15.9 Å². The maximum absolute atomic E-state index is 12.1. The summed E-state index contributed by atoms with van der Waals surface area (Å²) in [6, 6.07) is 4.85. The van der Waals surface area contributed by atoms with Crippen molar-refractivity contribution in [1.82, 2.24) is 0 Å². The second-order valence-electron chi connectivity index (χ2n) is 4.83. The molecule has 0 aliphatic carbocycles. The predicted molar refractivity (Wildman–Crippen MR) is 83.1 cm³/mol. The van der Waals surface area contributed by atoms with Crippen LogP contribution in [-0.2, 0) is 14.6 Å². The number of benzodiazepines with no additional fused rings is 1. The fourth-order valence-electron chi connectivity index (χ4n) is 2.02. The largest absolute Gasteiger partial charge is 0.324 e. The Morgan fingerprint density at radius 1 is 1.40 bits per heavy atom. The van der Waals surface area contributed by atoms with E-state index in [2.05, 4.69) is 26.2 Å². The quantitative estimate of drug-likeness (QED) is 0.897. The molecule has 108 valence electrons. The molecule has 0 saturated heterocycles. The van der Waals surface area contributed by atoms with E-state index in [4.69, 9.17) is 0 Å². The van der Waals surface area contributed by atoms with E-state index in [9.17, 15) is 13.2 Å². The second-order valence-corrected chi connectivity index (χ2v) is 8.00. The molecule has 1 aliphatic heterocycles. The summed E-state index contributed by atoms with van der Waals surface area (Å²) in [5, 5.41) is 2.80. The molecular weight excluding hydrogens is 344 g/mol. The average molecular weight is 359 g/mol. The summed E-state index contributed by atoms with van der Waals surface area (Å²) < 4.78 is 23.3. The summed E-state index contributed by atoms with van der Waals surface area (Å²) in [6.45, 7) is 1.82. The van der Waals surface area contributed by atoms with Crippen molar-refractivity contribution in [2.45, 2.75) is 19.4 Å². The van der Waals surface area contributed by atoms with Gasteiger partial charge in [-0.15, -0.1) is 0 Å². The maximum Gasteiger partial charge on any atom is 0.249 e. The number of halogens is 1. The van der Waals surface area contributed by atoms with Crippen LogP contribution in [0.2, 0.25) is 0 Å². The van der Waals surface area contributed by atoms with Gasteiger partial charge in [0.15, 0.2) is 0 Å². The highest BCUT2D eigenvalue weighted by Crippen LogP contribution is 2.25. The molecule has 1 amide bonds. The number of carbonyl (C=O) groups excluding carboxylic acids is 1. The Bertz CT molecular complexity index is 683. The van der Waals surface area contributed by atoms with E-state index in [1.807, 2.05) is 19.1 Å². The van der Waals surface area contributed by atoms with Crippen molar-refractivity contribution in [2.24, 2.45) is 4.99 Å². The first kappa shape index (κ1) is 15.2. The Morgan fingerprint density at radius 2 is 2.10 bits per heavy atom. The molecule has 0 spiro atoms. The van der Waals surface area contributed by atoms with Crippen molar-refractivity contribution in [3.8, 4) is 0 Å².